The Morgan fingerprint density at radius 2 is 2.00 bits per heavy atom. The van der Waals surface area contributed by atoms with Crippen LogP contribution in [-0.2, 0) is 4.79 Å². The molecule has 0 radical (unpaired) electrons. The highest BCUT2D eigenvalue weighted by molar-refractivity contribution is 7.99. The van der Waals surface area contributed by atoms with E-state index in [9.17, 15) is 9.59 Å². The van der Waals surface area contributed by atoms with Gasteiger partial charge in [-0.15, -0.1) is 10.2 Å². The fourth-order valence-electron chi connectivity index (χ4n) is 1.95. The van der Waals surface area contributed by atoms with E-state index in [2.05, 4.69) is 20.8 Å². The van der Waals surface area contributed by atoms with Crippen molar-refractivity contribution >= 4 is 29.3 Å². The van der Waals surface area contributed by atoms with Gasteiger partial charge in [0.1, 0.15) is 0 Å². The van der Waals surface area contributed by atoms with Crippen LogP contribution in [0.15, 0.2) is 33.9 Å². The summed E-state index contributed by atoms with van der Waals surface area (Å²) >= 11 is 1.21. The molecule has 0 saturated heterocycles. The second kappa shape index (κ2) is 6.82. The molecule has 8 heteroatoms. The highest BCUT2D eigenvalue weighted by Crippen LogP contribution is 2.39. The van der Waals surface area contributed by atoms with Crippen molar-refractivity contribution in [2.75, 3.05) is 18.1 Å². The zero-order valence-corrected chi connectivity index (χ0v) is 13.4. The van der Waals surface area contributed by atoms with E-state index in [1.807, 2.05) is 0 Å². The number of nitrogens with one attached hydrogen (secondary N) is 2. The third kappa shape index (κ3) is 4.10. The molecule has 7 nitrogen and oxygen atoms in total. The summed E-state index contributed by atoms with van der Waals surface area (Å²) in [4.78, 5) is 23.3. The van der Waals surface area contributed by atoms with Crippen molar-refractivity contribution in [1.29, 1.82) is 0 Å². The summed E-state index contributed by atoms with van der Waals surface area (Å²) in [5, 5.41) is 13.6. The summed E-state index contributed by atoms with van der Waals surface area (Å²) in [5.41, 5.74) is 1.17. The molecule has 2 N–H and O–H groups in total. The van der Waals surface area contributed by atoms with Crippen LogP contribution < -0.4 is 10.6 Å². The summed E-state index contributed by atoms with van der Waals surface area (Å²) in [5.74, 6) is 0.918. The molecule has 3 rings (SSSR count). The predicted octanol–water partition coefficient (Wildman–Crippen LogP) is 2.04. The van der Waals surface area contributed by atoms with E-state index in [0.29, 0.717) is 28.3 Å². The number of hydrogen-bond acceptors (Lipinski definition) is 6. The molecule has 0 spiro atoms. The topological polar surface area (TPSA) is 97.1 Å². The maximum absolute atomic E-state index is 11.9. The standard InChI is InChI=1S/C15H16N4O3S/c1-16-13(21)9-4-6-11(7-5-9)17-12(20)8-23-15-19-18-14(22-15)10-2-3-10/h4-7,10H,2-3,8H2,1H3,(H,16,21)(H,17,20). The largest absolute Gasteiger partial charge is 0.416 e. The first-order valence-electron chi connectivity index (χ1n) is 7.24. The van der Waals surface area contributed by atoms with Gasteiger partial charge in [-0.3, -0.25) is 9.59 Å². The Morgan fingerprint density at radius 1 is 1.26 bits per heavy atom. The maximum Gasteiger partial charge on any atom is 0.277 e. The molecule has 1 aliphatic rings. The normalized spacial score (nSPS) is 13.6. The van der Waals surface area contributed by atoms with Crippen LogP contribution in [0.5, 0.6) is 0 Å². The van der Waals surface area contributed by atoms with Crippen molar-refractivity contribution in [3.63, 3.8) is 0 Å². The van der Waals surface area contributed by atoms with Crippen molar-refractivity contribution in [2.24, 2.45) is 0 Å². The Balaban J connectivity index is 1.49. The van der Waals surface area contributed by atoms with Crippen LogP contribution >= 0.6 is 11.8 Å². The van der Waals surface area contributed by atoms with Gasteiger partial charge in [0.15, 0.2) is 0 Å². The molecule has 1 aromatic heterocycles. The van der Waals surface area contributed by atoms with Gasteiger partial charge in [0, 0.05) is 24.2 Å². The molecule has 120 valence electrons. The Bertz CT molecular complexity index is 710. The van der Waals surface area contributed by atoms with Crippen LogP contribution in [0.3, 0.4) is 0 Å². The number of carbonyl (C=O) groups is 2. The lowest BCUT2D eigenvalue weighted by Gasteiger charge is -2.05. The average Bonchev–Trinajstić information content (AvgIpc) is 3.31. The SMILES string of the molecule is CNC(=O)c1ccc(NC(=O)CSc2nnc(C3CC3)o2)cc1. The number of anilines is 1. The molecule has 0 unspecified atom stereocenters. The number of aromatic nitrogens is 2. The zero-order chi connectivity index (χ0) is 16.2. The molecule has 2 amide bonds. The molecule has 1 heterocycles. The van der Waals surface area contributed by atoms with Gasteiger partial charge in [-0.25, -0.2) is 0 Å². The Kier molecular flexibility index (Phi) is 4.61. The van der Waals surface area contributed by atoms with E-state index in [-0.39, 0.29) is 17.6 Å². The molecular formula is C15H16N4O3S. The second-order valence-corrected chi connectivity index (χ2v) is 6.10. The number of hydrogen-bond donors (Lipinski definition) is 2. The Hall–Kier alpha value is -2.35. The second-order valence-electron chi connectivity index (χ2n) is 5.17. The number of amides is 2. The van der Waals surface area contributed by atoms with Crippen LogP contribution in [0, 0.1) is 0 Å². The number of nitrogens with zero attached hydrogens (tertiary/aromatic N) is 2. The van der Waals surface area contributed by atoms with E-state index in [1.165, 1.54) is 11.8 Å². The fourth-order valence-corrected chi connectivity index (χ4v) is 2.52. The van der Waals surface area contributed by atoms with Gasteiger partial charge in [0.2, 0.25) is 11.8 Å². The monoisotopic (exact) mass is 332 g/mol. The molecule has 23 heavy (non-hydrogen) atoms. The van der Waals surface area contributed by atoms with E-state index >= 15 is 0 Å². The van der Waals surface area contributed by atoms with Crippen molar-refractivity contribution in [1.82, 2.24) is 15.5 Å². The summed E-state index contributed by atoms with van der Waals surface area (Å²) in [6, 6.07) is 6.68. The smallest absolute Gasteiger partial charge is 0.277 e. The quantitative estimate of drug-likeness (QED) is 0.786. The molecule has 0 aliphatic heterocycles. The number of benzene rings is 1. The number of thioether (sulfide) groups is 1. The summed E-state index contributed by atoms with van der Waals surface area (Å²) in [6.07, 6.45) is 2.19. The van der Waals surface area contributed by atoms with E-state index in [0.717, 1.165) is 12.8 Å². The van der Waals surface area contributed by atoms with Crippen molar-refractivity contribution in [2.45, 2.75) is 24.0 Å². The summed E-state index contributed by atoms with van der Waals surface area (Å²) in [6.45, 7) is 0. The molecule has 1 aromatic carbocycles. The Labute approximate surface area is 137 Å². The van der Waals surface area contributed by atoms with Gasteiger partial charge in [-0.05, 0) is 37.1 Å². The van der Waals surface area contributed by atoms with Crippen molar-refractivity contribution < 1.29 is 14.0 Å². The summed E-state index contributed by atoms with van der Waals surface area (Å²) < 4.78 is 5.48. The maximum atomic E-state index is 11.9. The molecule has 1 saturated carbocycles. The van der Waals surface area contributed by atoms with Crippen LogP contribution in [0.1, 0.15) is 35.0 Å². The molecular weight excluding hydrogens is 316 g/mol. The fraction of sp³-hybridized carbons (Fsp3) is 0.333. The van der Waals surface area contributed by atoms with Crippen molar-refractivity contribution in [3.05, 3.63) is 35.7 Å². The highest BCUT2D eigenvalue weighted by atomic mass is 32.2. The van der Waals surface area contributed by atoms with Crippen LogP contribution in [-0.4, -0.2) is 34.8 Å². The molecule has 1 fully saturated rings. The minimum Gasteiger partial charge on any atom is -0.416 e. The first-order chi connectivity index (χ1) is 11.2. The minimum absolute atomic E-state index is 0.165. The number of rotatable bonds is 6. The van der Waals surface area contributed by atoms with Crippen LogP contribution in [0.4, 0.5) is 5.69 Å². The predicted molar refractivity (Wildman–Crippen MR) is 85.5 cm³/mol. The highest BCUT2D eigenvalue weighted by Gasteiger charge is 2.29. The molecule has 0 bridgehead atoms. The van der Waals surface area contributed by atoms with E-state index in [4.69, 9.17) is 4.42 Å². The first-order valence-corrected chi connectivity index (χ1v) is 8.22. The van der Waals surface area contributed by atoms with Crippen LogP contribution in [0.25, 0.3) is 0 Å². The average molecular weight is 332 g/mol. The number of carbonyl (C=O) groups excluding carboxylic acids is 2. The lowest BCUT2D eigenvalue weighted by Crippen LogP contribution is -2.18. The van der Waals surface area contributed by atoms with Gasteiger partial charge >= 0.3 is 0 Å². The van der Waals surface area contributed by atoms with Crippen molar-refractivity contribution in [3.8, 4) is 0 Å². The van der Waals surface area contributed by atoms with Gasteiger partial charge in [-0.1, -0.05) is 11.8 Å². The van der Waals surface area contributed by atoms with E-state index < -0.39 is 0 Å². The minimum atomic E-state index is -0.172. The third-order valence-corrected chi connectivity index (χ3v) is 4.15. The summed E-state index contributed by atoms with van der Waals surface area (Å²) in [7, 11) is 1.57. The molecule has 1 aliphatic carbocycles. The van der Waals surface area contributed by atoms with Gasteiger partial charge < -0.3 is 15.1 Å². The lowest BCUT2D eigenvalue weighted by atomic mass is 10.2. The van der Waals surface area contributed by atoms with Gasteiger partial charge in [-0.2, -0.15) is 0 Å². The van der Waals surface area contributed by atoms with Crippen LogP contribution in [0.2, 0.25) is 0 Å². The van der Waals surface area contributed by atoms with E-state index in [1.54, 1.807) is 31.3 Å². The van der Waals surface area contributed by atoms with Gasteiger partial charge in [0.25, 0.3) is 11.1 Å². The lowest BCUT2D eigenvalue weighted by molar-refractivity contribution is -0.113. The molecule has 0 atom stereocenters. The Morgan fingerprint density at radius 3 is 2.65 bits per heavy atom. The van der Waals surface area contributed by atoms with Gasteiger partial charge in [0.05, 0.1) is 5.75 Å². The molecule has 2 aromatic rings. The third-order valence-electron chi connectivity index (χ3n) is 3.33. The first kappa shape index (κ1) is 15.5. The zero-order valence-electron chi connectivity index (χ0n) is 12.5.